The van der Waals surface area contributed by atoms with Crippen molar-refractivity contribution in [2.75, 3.05) is 11.9 Å². The van der Waals surface area contributed by atoms with Crippen LogP contribution in [0.25, 0.3) is 10.9 Å². The number of benzene rings is 2. The predicted octanol–water partition coefficient (Wildman–Crippen LogP) is 5.63. The van der Waals surface area contributed by atoms with Gasteiger partial charge in [0.2, 0.25) is 5.96 Å². The summed E-state index contributed by atoms with van der Waals surface area (Å²) in [7, 11) is 0. The summed E-state index contributed by atoms with van der Waals surface area (Å²) >= 11 is 7.53. The van der Waals surface area contributed by atoms with Gasteiger partial charge in [-0.15, -0.1) is 11.3 Å². The van der Waals surface area contributed by atoms with Crippen LogP contribution in [-0.4, -0.2) is 23.4 Å². The Bertz CT molecular complexity index is 1200. The molecule has 7 heteroatoms. The molecule has 0 saturated heterocycles. The number of anilines is 1. The third-order valence-electron chi connectivity index (χ3n) is 4.76. The van der Waals surface area contributed by atoms with Crippen LogP contribution < -0.4 is 10.6 Å². The Morgan fingerprint density at radius 2 is 2.03 bits per heavy atom. The van der Waals surface area contributed by atoms with Gasteiger partial charge in [0.25, 0.3) is 5.91 Å². The third-order valence-corrected chi connectivity index (χ3v) is 5.86. The molecule has 0 aliphatic rings. The van der Waals surface area contributed by atoms with Gasteiger partial charge in [0.05, 0.1) is 4.88 Å². The number of aryl methyl sites for hydroxylation is 1. The maximum absolute atomic E-state index is 12.6. The molecule has 2 heterocycles. The topological polar surface area (TPSA) is 69.3 Å². The average Bonchev–Trinajstić information content (AvgIpc) is 3.41. The number of rotatable bonds is 5. The fraction of sp³-hybridized carbons (Fsp3) is 0.130. The van der Waals surface area contributed by atoms with Crippen molar-refractivity contribution in [3.05, 3.63) is 87.2 Å². The summed E-state index contributed by atoms with van der Waals surface area (Å²) in [5, 5.41) is 9.80. The van der Waals surface area contributed by atoms with Gasteiger partial charge in [0.1, 0.15) is 0 Å². The first-order valence-corrected chi connectivity index (χ1v) is 10.8. The Balaban J connectivity index is 1.53. The van der Waals surface area contributed by atoms with Crippen molar-refractivity contribution in [3.63, 3.8) is 0 Å². The molecule has 0 radical (unpaired) electrons. The summed E-state index contributed by atoms with van der Waals surface area (Å²) in [5.74, 6) is 0.210. The zero-order valence-electron chi connectivity index (χ0n) is 16.4. The summed E-state index contributed by atoms with van der Waals surface area (Å²) in [6.45, 7) is 2.50. The number of aliphatic imine (C=N–C) groups is 1. The van der Waals surface area contributed by atoms with Gasteiger partial charge in [-0.05, 0) is 54.1 Å². The number of guanidine groups is 1. The standard InChI is InChI=1S/C23H21ClN4OS/c1-15-8-9-17(24)13-20(15)27-23(28-22(29)21-7-4-12-30-21)25-11-10-16-14-26-19-6-3-2-5-18(16)19/h2-9,12-14,26H,10-11H2,1H3,(H2,25,27,28,29). The molecule has 0 atom stereocenters. The smallest absolute Gasteiger partial charge is 0.268 e. The normalized spacial score (nSPS) is 11.6. The molecule has 0 unspecified atom stereocenters. The molecular formula is C23H21ClN4OS. The second kappa shape index (κ2) is 9.15. The van der Waals surface area contributed by atoms with Crippen LogP contribution in [0.1, 0.15) is 20.8 Å². The molecule has 0 fully saturated rings. The summed E-state index contributed by atoms with van der Waals surface area (Å²) in [5.41, 5.74) is 4.11. The molecule has 5 nitrogen and oxygen atoms in total. The molecule has 4 rings (SSSR count). The Kier molecular flexibility index (Phi) is 6.16. The number of aromatic amines is 1. The van der Waals surface area contributed by atoms with Crippen molar-refractivity contribution in [3.8, 4) is 0 Å². The molecule has 152 valence electrons. The lowest BCUT2D eigenvalue weighted by Crippen LogP contribution is -2.36. The zero-order valence-corrected chi connectivity index (χ0v) is 18.0. The molecule has 0 bridgehead atoms. The van der Waals surface area contributed by atoms with Crippen molar-refractivity contribution >= 4 is 51.4 Å². The van der Waals surface area contributed by atoms with Crippen LogP contribution in [0.15, 0.2) is 71.2 Å². The lowest BCUT2D eigenvalue weighted by atomic mass is 10.1. The Labute approximate surface area is 183 Å². The number of nitrogens with zero attached hydrogens (tertiary/aromatic N) is 1. The van der Waals surface area contributed by atoms with Crippen LogP contribution >= 0.6 is 22.9 Å². The predicted molar refractivity (Wildman–Crippen MR) is 126 cm³/mol. The lowest BCUT2D eigenvalue weighted by molar-refractivity contribution is 0.0981. The highest BCUT2D eigenvalue weighted by molar-refractivity contribution is 7.12. The first-order valence-electron chi connectivity index (χ1n) is 9.57. The van der Waals surface area contributed by atoms with E-state index in [4.69, 9.17) is 11.6 Å². The van der Waals surface area contributed by atoms with Crippen LogP contribution in [0.4, 0.5) is 5.69 Å². The maximum atomic E-state index is 12.6. The molecule has 2 aromatic heterocycles. The van der Waals surface area contributed by atoms with Crippen molar-refractivity contribution < 1.29 is 4.79 Å². The number of fused-ring (bicyclic) bond motifs is 1. The number of thiophene rings is 1. The lowest BCUT2D eigenvalue weighted by Gasteiger charge is -2.13. The number of hydrogen-bond acceptors (Lipinski definition) is 3. The van der Waals surface area contributed by atoms with E-state index in [-0.39, 0.29) is 5.91 Å². The molecular weight excluding hydrogens is 416 g/mol. The summed E-state index contributed by atoms with van der Waals surface area (Å²) in [4.78, 5) is 21.1. The van der Waals surface area contributed by atoms with Gasteiger partial charge in [0, 0.05) is 34.4 Å². The van der Waals surface area contributed by atoms with E-state index >= 15 is 0 Å². The number of carbonyl (C=O) groups is 1. The third kappa shape index (κ3) is 4.72. The highest BCUT2D eigenvalue weighted by Gasteiger charge is 2.12. The molecule has 0 aliphatic heterocycles. The van der Waals surface area contributed by atoms with E-state index in [2.05, 4.69) is 32.7 Å². The van der Waals surface area contributed by atoms with Gasteiger partial charge in [-0.1, -0.05) is 41.9 Å². The number of H-pyrrole nitrogens is 1. The number of nitrogens with one attached hydrogen (secondary N) is 3. The van der Waals surface area contributed by atoms with Crippen LogP contribution in [0, 0.1) is 6.92 Å². The molecule has 30 heavy (non-hydrogen) atoms. The van der Waals surface area contributed by atoms with Gasteiger partial charge in [-0.3, -0.25) is 15.1 Å². The molecule has 3 N–H and O–H groups in total. The minimum absolute atomic E-state index is 0.192. The molecule has 4 aromatic rings. The van der Waals surface area contributed by atoms with Crippen LogP contribution in [0.2, 0.25) is 5.02 Å². The van der Waals surface area contributed by atoms with E-state index in [1.165, 1.54) is 22.3 Å². The van der Waals surface area contributed by atoms with Crippen LogP contribution in [-0.2, 0) is 6.42 Å². The van der Waals surface area contributed by atoms with E-state index in [1.54, 1.807) is 6.07 Å². The van der Waals surface area contributed by atoms with Crippen LogP contribution in [0.5, 0.6) is 0 Å². The van der Waals surface area contributed by atoms with Crippen molar-refractivity contribution in [1.82, 2.24) is 10.3 Å². The second-order valence-electron chi connectivity index (χ2n) is 6.86. The highest BCUT2D eigenvalue weighted by Crippen LogP contribution is 2.21. The van der Waals surface area contributed by atoms with Crippen molar-refractivity contribution in [2.24, 2.45) is 4.99 Å². The van der Waals surface area contributed by atoms with Gasteiger partial charge in [-0.2, -0.15) is 0 Å². The minimum atomic E-state index is -0.192. The van der Waals surface area contributed by atoms with Crippen LogP contribution in [0.3, 0.4) is 0 Å². The molecule has 2 aromatic carbocycles. The number of aromatic nitrogens is 1. The second-order valence-corrected chi connectivity index (χ2v) is 8.24. The molecule has 0 spiro atoms. The van der Waals surface area contributed by atoms with E-state index in [9.17, 15) is 4.79 Å². The van der Waals surface area contributed by atoms with E-state index in [0.29, 0.717) is 22.4 Å². The Morgan fingerprint density at radius 1 is 1.17 bits per heavy atom. The zero-order chi connectivity index (χ0) is 20.9. The van der Waals surface area contributed by atoms with Crippen molar-refractivity contribution in [2.45, 2.75) is 13.3 Å². The largest absolute Gasteiger partial charge is 0.361 e. The number of hydrogen-bond donors (Lipinski definition) is 3. The van der Waals surface area contributed by atoms with Gasteiger partial charge in [0.15, 0.2) is 0 Å². The molecule has 1 amide bonds. The summed E-state index contributed by atoms with van der Waals surface area (Å²) in [6, 6.07) is 17.4. The Hall–Kier alpha value is -3.09. The SMILES string of the molecule is Cc1ccc(Cl)cc1NC(=NCCc1c[nH]c2ccccc12)NC(=O)c1cccs1. The first-order chi connectivity index (χ1) is 14.6. The first kappa shape index (κ1) is 20.2. The Morgan fingerprint density at radius 3 is 2.87 bits per heavy atom. The number of halogens is 1. The fourth-order valence-corrected chi connectivity index (χ4v) is 3.96. The minimum Gasteiger partial charge on any atom is -0.361 e. The molecule has 0 saturated carbocycles. The number of para-hydroxylation sites is 1. The van der Waals surface area contributed by atoms with Crippen molar-refractivity contribution in [1.29, 1.82) is 0 Å². The quantitative estimate of drug-likeness (QED) is 0.280. The fourth-order valence-electron chi connectivity index (χ4n) is 3.17. The van der Waals surface area contributed by atoms with Gasteiger partial charge >= 0.3 is 0 Å². The van der Waals surface area contributed by atoms with Gasteiger partial charge in [-0.25, -0.2) is 0 Å². The maximum Gasteiger partial charge on any atom is 0.268 e. The highest BCUT2D eigenvalue weighted by atomic mass is 35.5. The average molecular weight is 437 g/mol. The molecule has 0 aliphatic carbocycles. The number of carbonyl (C=O) groups excluding carboxylic acids is 1. The van der Waals surface area contributed by atoms with E-state index in [0.717, 1.165) is 23.2 Å². The summed E-state index contributed by atoms with van der Waals surface area (Å²) < 4.78 is 0. The summed E-state index contributed by atoms with van der Waals surface area (Å²) in [6.07, 6.45) is 2.76. The van der Waals surface area contributed by atoms with E-state index < -0.39 is 0 Å². The monoisotopic (exact) mass is 436 g/mol. The number of amides is 1. The van der Waals surface area contributed by atoms with Gasteiger partial charge < -0.3 is 10.3 Å². The van der Waals surface area contributed by atoms with E-state index in [1.807, 2.05) is 54.9 Å².